The Morgan fingerprint density at radius 1 is 0.526 bits per heavy atom. The van der Waals surface area contributed by atoms with Crippen molar-refractivity contribution < 1.29 is 19.1 Å². The first-order valence-electron chi connectivity index (χ1n) is 12.6. The lowest BCUT2D eigenvalue weighted by Gasteiger charge is -2.19. The van der Waals surface area contributed by atoms with E-state index in [1.165, 1.54) is 5.56 Å². The second-order valence-electron chi connectivity index (χ2n) is 11.1. The van der Waals surface area contributed by atoms with E-state index < -0.39 is 0 Å². The SMILES string of the molecule is C=O.CC(C)(C)C(=O)c1ccc(-c2ccc(Oc3ccc(Oc4ccc(C(C)(C)C)cc4)cc3)cc2)cc1. The molecule has 38 heavy (non-hydrogen) atoms. The number of hydrogen-bond donors (Lipinski definition) is 0. The van der Waals surface area contributed by atoms with E-state index in [1.807, 2.05) is 112 Å². The average molecular weight is 509 g/mol. The van der Waals surface area contributed by atoms with Crippen molar-refractivity contribution in [2.75, 3.05) is 0 Å². The van der Waals surface area contributed by atoms with Gasteiger partial charge in [-0.2, -0.15) is 0 Å². The van der Waals surface area contributed by atoms with Gasteiger partial charge in [-0.15, -0.1) is 0 Å². The predicted molar refractivity (Wildman–Crippen MR) is 155 cm³/mol. The van der Waals surface area contributed by atoms with Crippen molar-refractivity contribution in [2.24, 2.45) is 5.41 Å². The van der Waals surface area contributed by atoms with Crippen molar-refractivity contribution in [1.82, 2.24) is 0 Å². The van der Waals surface area contributed by atoms with Crippen LogP contribution in [0.2, 0.25) is 0 Å². The summed E-state index contributed by atoms with van der Waals surface area (Å²) in [6.07, 6.45) is 0. The zero-order valence-corrected chi connectivity index (χ0v) is 23.1. The van der Waals surface area contributed by atoms with E-state index in [0.717, 1.165) is 39.7 Å². The summed E-state index contributed by atoms with van der Waals surface area (Å²) in [6, 6.07) is 31.6. The van der Waals surface area contributed by atoms with E-state index >= 15 is 0 Å². The topological polar surface area (TPSA) is 52.6 Å². The lowest BCUT2D eigenvalue weighted by Crippen LogP contribution is -2.19. The number of ketones is 1. The third-order valence-corrected chi connectivity index (χ3v) is 6.03. The maximum absolute atomic E-state index is 12.5. The van der Waals surface area contributed by atoms with Gasteiger partial charge in [-0.25, -0.2) is 0 Å². The first-order valence-corrected chi connectivity index (χ1v) is 12.6. The summed E-state index contributed by atoms with van der Waals surface area (Å²) in [4.78, 5) is 20.5. The number of benzene rings is 4. The highest BCUT2D eigenvalue weighted by Crippen LogP contribution is 2.30. The Hall–Kier alpha value is -4.18. The van der Waals surface area contributed by atoms with Crippen molar-refractivity contribution in [1.29, 1.82) is 0 Å². The second-order valence-corrected chi connectivity index (χ2v) is 11.1. The summed E-state index contributed by atoms with van der Waals surface area (Å²) in [6.45, 7) is 14.4. The highest BCUT2D eigenvalue weighted by atomic mass is 16.5. The third kappa shape index (κ3) is 7.42. The molecule has 4 nitrogen and oxygen atoms in total. The molecule has 0 heterocycles. The van der Waals surface area contributed by atoms with Crippen LogP contribution in [0.4, 0.5) is 0 Å². The second kappa shape index (κ2) is 11.9. The summed E-state index contributed by atoms with van der Waals surface area (Å²) in [5.41, 5.74) is 3.87. The van der Waals surface area contributed by atoms with Gasteiger partial charge in [-0.1, -0.05) is 90.1 Å². The van der Waals surface area contributed by atoms with Crippen LogP contribution in [0.1, 0.15) is 57.5 Å². The number of rotatable bonds is 6. The molecule has 196 valence electrons. The Morgan fingerprint density at radius 3 is 1.18 bits per heavy atom. The minimum Gasteiger partial charge on any atom is -0.457 e. The zero-order valence-electron chi connectivity index (χ0n) is 23.1. The molecule has 0 saturated heterocycles. The molecule has 0 aliphatic heterocycles. The third-order valence-electron chi connectivity index (χ3n) is 6.03. The van der Waals surface area contributed by atoms with Crippen molar-refractivity contribution >= 4 is 12.6 Å². The fourth-order valence-corrected chi connectivity index (χ4v) is 3.83. The summed E-state index contributed by atoms with van der Waals surface area (Å²) in [5.74, 6) is 3.21. The Morgan fingerprint density at radius 2 is 0.842 bits per heavy atom. The molecule has 0 aromatic heterocycles. The van der Waals surface area contributed by atoms with Crippen molar-refractivity contribution in [3.8, 4) is 34.1 Å². The Kier molecular flexibility index (Phi) is 8.90. The molecular formula is C34H36O4. The molecule has 0 unspecified atom stereocenters. The maximum atomic E-state index is 12.5. The number of carbonyl (C=O) groups excluding carboxylic acids is 2. The molecule has 4 aromatic carbocycles. The van der Waals surface area contributed by atoms with Gasteiger partial charge in [0.2, 0.25) is 0 Å². The van der Waals surface area contributed by atoms with Crippen LogP contribution in [0.5, 0.6) is 23.0 Å². The molecule has 0 fully saturated rings. The molecule has 0 radical (unpaired) electrons. The van der Waals surface area contributed by atoms with Crippen molar-refractivity contribution in [3.05, 3.63) is 108 Å². The largest absolute Gasteiger partial charge is 0.457 e. The summed E-state index contributed by atoms with van der Waals surface area (Å²) in [5, 5.41) is 0. The lowest BCUT2D eigenvalue weighted by molar-refractivity contribution is -0.0980. The van der Waals surface area contributed by atoms with E-state index in [1.54, 1.807) is 0 Å². The first kappa shape index (κ1) is 28.4. The van der Waals surface area contributed by atoms with Gasteiger partial charge in [-0.05, 0) is 70.6 Å². The number of Topliss-reactive ketones (excluding diaryl/α,β-unsaturated/α-hetero) is 1. The lowest BCUT2D eigenvalue weighted by atomic mass is 9.86. The van der Waals surface area contributed by atoms with Crippen LogP contribution in [0.3, 0.4) is 0 Å². The van der Waals surface area contributed by atoms with Crippen molar-refractivity contribution in [3.63, 3.8) is 0 Å². The molecule has 0 N–H and O–H groups in total. The predicted octanol–water partition coefficient (Wildman–Crippen LogP) is 9.28. The standard InChI is InChI=1S/C33H34O3.CH2O/c1-32(2,3)26-13-17-28(18-14-26)36-30-21-19-29(20-22-30)35-27-15-11-24(12-16-27)23-7-9-25(10-8-23)31(34)33(4,5)6;1-2/h7-22H,1-6H3;1H2. The maximum Gasteiger partial charge on any atom is 0.168 e. The molecule has 0 atom stereocenters. The van der Waals surface area contributed by atoms with Gasteiger partial charge < -0.3 is 14.3 Å². The Bertz CT molecular complexity index is 1320. The van der Waals surface area contributed by atoms with Gasteiger partial charge in [-0.3, -0.25) is 4.79 Å². The van der Waals surface area contributed by atoms with Crippen LogP contribution < -0.4 is 9.47 Å². The van der Waals surface area contributed by atoms with Crippen LogP contribution >= 0.6 is 0 Å². The van der Waals surface area contributed by atoms with Gasteiger partial charge in [0.1, 0.15) is 29.8 Å². The van der Waals surface area contributed by atoms with E-state index in [9.17, 15) is 4.79 Å². The fourth-order valence-electron chi connectivity index (χ4n) is 3.83. The molecule has 4 rings (SSSR count). The highest BCUT2D eigenvalue weighted by molar-refractivity contribution is 6.00. The number of carbonyl (C=O) groups is 2. The monoisotopic (exact) mass is 508 g/mol. The highest BCUT2D eigenvalue weighted by Gasteiger charge is 2.22. The minimum atomic E-state index is -0.386. The van der Waals surface area contributed by atoms with E-state index in [-0.39, 0.29) is 16.6 Å². The summed E-state index contributed by atoms with van der Waals surface area (Å²) >= 11 is 0. The summed E-state index contributed by atoms with van der Waals surface area (Å²) < 4.78 is 12.0. The van der Waals surface area contributed by atoms with E-state index in [0.29, 0.717) is 0 Å². The molecule has 0 bridgehead atoms. The van der Waals surface area contributed by atoms with Gasteiger partial charge in [0.05, 0.1) is 0 Å². The summed E-state index contributed by atoms with van der Waals surface area (Å²) in [7, 11) is 0. The normalized spacial score (nSPS) is 11.2. The number of ether oxygens (including phenoxy) is 2. The van der Waals surface area contributed by atoms with E-state index in [4.69, 9.17) is 14.3 Å². The average Bonchev–Trinajstić information content (AvgIpc) is 2.90. The molecule has 0 spiro atoms. The molecule has 4 heteroatoms. The smallest absolute Gasteiger partial charge is 0.168 e. The number of hydrogen-bond acceptors (Lipinski definition) is 4. The van der Waals surface area contributed by atoms with Gasteiger partial charge in [0.15, 0.2) is 5.78 Å². The van der Waals surface area contributed by atoms with Gasteiger partial charge >= 0.3 is 0 Å². The molecule has 0 aliphatic carbocycles. The molecule has 4 aromatic rings. The quantitative estimate of drug-likeness (QED) is 0.244. The molecule has 0 aliphatic rings. The minimum absolute atomic E-state index is 0.118. The van der Waals surface area contributed by atoms with Gasteiger partial charge in [0, 0.05) is 11.0 Å². The van der Waals surface area contributed by atoms with Crippen LogP contribution in [0.15, 0.2) is 97.1 Å². The van der Waals surface area contributed by atoms with Crippen LogP contribution in [-0.2, 0) is 10.2 Å². The Balaban J connectivity index is 0.00000195. The first-order chi connectivity index (χ1) is 18.0. The van der Waals surface area contributed by atoms with Crippen LogP contribution in [-0.4, -0.2) is 12.6 Å². The molecule has 0 amide bonds. The Labute approximate surface area is 226 Å². The van der Waals surface area contributed by atoms with Crippen LogP contribution in [0.25, 0.3) is 11.1 Å². The van der Waals surface area contributed by atoms with E-state index in [2.05, 4.69) is 32.9 Å². The molecular weight excluding hydrogens is 472 g/mol. The van der Waals surface area contributed by atoms with Crippen LogP contribution in [0, 0.1) is 5.41 Å². The fraction of sp³-hybridized carbons (Fsp3) is 0.235. The zero-order chi connectivity index (χ0) is 27.9. The molecule has 0 saturated carbocycles. The van der Waals surface area contributed by atoms with Gasteiger partial charge in [0.25, 0.3) is 0 Å². The van der Waals surface area contributed by atoms with Crippen molar-refractivity contribution in [2.45, 2.75) is 47.0 Å².